The molecular weight excluding hydrogens is 280 g/mol. The molecule has 0 atom stereocenters. The van der Waals surface area contributed by atoms with Gasteiger partial charge in [0.15, 0.2) is 5.82 Å². The maximum absolute atomic E-state index is 12.5. The lowest BCUT2D eigenvalue weighted by Gasteiger charge is -2.22. The van der Waals surface area contributed by atoms with E-state index in [0.717, 1.165) is 37.9 Å². The Bertz CT molecular complexity index is 569. The number of nitrogens with zero attached hydrogens (tertiary/aromatic N) is 2. The van der Waals surface area contributed by atoms with Gasteiger partial charge in [-0.1, -0.05) is 6.92 Å². The Morgan fingerprint density at radius 3 is 2.59 bits per heavy atom. The Labute approximate surface area is 131 Å². The van der Waals surface area contributed by atoms with Crippen molar-refractivity contribution in [3.05, 3.63) is 17.2 Å². The highest BCUT2D eigenvalue weighted by Gasteiger charge is 2.28. The Morgan fingerprint density at radius 1 is 1.23 bits per heavy atom. The molecular formula is C16H26N4O2. The third kappa shape index (κ3) is 3.67. The first-order valence-corrected chi connectivity index (χ1v) is 8.03. The van der Waals surface area contributed by atoms with Crippen molar-refractivity contribution in [2.75, 3.05) is 6.54 Å². The molecule has 1 aromatic heterocycles. The van der Waals surface area contributed by atoms with Crippen molar-refractivity contribution in [3.8, 4) is 0 Å². The van der Waals surface area contributed by atoms with Gasteiger partial charge in [0.1, 0.15) is 5.69 Å². The van der Waals surface area contributed by atoms with E-state index in [1.54, 1.807) is 0 Å². The Morgan fingerprint density at radius 2 is 1.95 bits per heavy atom. The summed E-state index contributed by atoms with van der Waals surface area (Å²) in [4.78, 5) is 29.1. The minimum absolute atomic E-state index is 0.178. The minimum atomic E-state index is -0.331. The van der Waals surface area contributed by atoms with Crippen molar-refractivity contribution < 1.29 is 9.59 Å². The SMILES string of the molecule is CCCNC(=O)c1nc(C(=O)NC(C)(C)C)n2c1CCCC2. The Kier molecular flexibility index (Phi) is 4.88. The van der Waals surface area contributed by atoms with Crippen LogP contribution >= 0.6 is 0 Å². The third-order valence-corrected chi connectivity index (χ3v) is 3.56. The van der Waals surface area contributed by atoms with Gasteiger partial charge in [0.25, 0.3) is 11.8 Å². The molecule has 2 N–H and O–H groups in total. The van der Waals surface area contributed by atoms with E-state index < -0.39 is 0 Å². The van der Waals surface area contributed by atoms with Crippen LogP contribution in [0.3, 0.4) is 0 Å². The molecule has 2 amide bonds. The van der Waals surface area contributed by atoms with Gasteiger partial charge in [-0.2, -0.15) is 0 Å². The standard InChI is InChI=1S/C16H26N4O2/c1-5-9-17-14(21)12-11-8-6-7-10-20(11)13(18-12)15(22)19-16(2,3)4/h5-10H2,1-4H3,(H,17,21)(H,19,22). The molecule has 0 unspecified atom stereocenters. The number of fused-ring (bicyclic) bond motifs is 1. The molecule has 1 aliphatic rings. The number of hydrogen-bond acceptors (Lipinski definition) is 3. The molecule has 122 valence electrons. The van der Waals surface area contributed by atoms with Gasteiger partial charge in [-0.25, -0.2) is 4.98 Å². The van der Waals surface area contributed by atoms with Crippen LogP contribution in [0.2, 0.25) is 0 Å². The summed E-state index contributed by atoms with van der Waals surface area (Å²) in [6.45, 7) is 9.16. The summed E-state index contributed by atoms with van der Waals surface area (Å²) in [5.74, 6) is -0.0428. The lowest BCUT2D eigenvalue weighted by atomic mass is 10.1. The Balaban J connectivity index is 2.33. The predicted octanol–water partition coefficient (Wildman–Crippen LogP) is 1.89. The summed E-state index contributed by atoms with van der Waals surface area (Å²) in [6.07, 6.45) is 3.71. The fourth-order valence-electron chi connectivity index (χ4n) is 2.62. The molecule has 1 aromatic rings. The number of carbonyl (C=O) groups is 2. The van der Waals surface area contributed by atoms with Crippen LogP contribution in [-0.2, 0) is 13.0 Å². The molecule has 1 aliphatic heterocycles. The molecule has 22 heavy (non-hydrogen) atoms. The van der Waals surface area contributed by atoms with E-state index in [2.05, 4.69) is 15.6 Å². The van der Waals surface area contributed by atoms with Crippen molar-refractivity contribution >= 4 is 11.8 Å². The predicted molar refractivity (Wildman–Crippen MR) is 85.0 cm³/mol. The average Bonchev–Trinajstić information content (AvgIpc) is 2.82. The zero-order valence-corrected chi connectivity index (χ0v) is 14.0. The van der Waals surface area contributed by atoms with Gasteiger partial charge >= 0.3 is 0 Å². The second-order valence-electron chi connectivity index (χ2n) is 6.80. The van der Waals surface area contributed by atoms with E-state index in [0.29, 0.717) is 18.1 Å². The van der Waals surface area contributed by atoms with Gasteiger partial charge in [0.05, 0.1) is 5.69 Å². The van der Waals surface area contributed by atoms with Gasteiger partial charge in [0, 0.05) is 18.6 Å². The van der Waals surface area contributed by atoms with E-state index in [9.17, 15) is 9.59 Å². The molecule has 0 aliphatic carbocycles. The first kappa shape index (κ1) is 16.5. The van der Waals surface area contributed by atoms with Crippen LogP contribution < -0.4 is 10.6 Å². The van der Waals surface area contributed by atoms with E-state index in [1.807, 2.05) is 32.3 Å². The average molecular weight is 306 g/mol. The number of rotatable bonds is 4. The quantitative estimate of drug-likeness (QED) is 0.892. The molecule has 0 bridgehead atoms. The zero-order chi connectivity index (χ0) is 16.3. The smallest absolute Gasteiger partial charge is 0.287 e. The van der Waals surface area contributed by atoms with Crippen LogP contribution in [-0.4, -0.2) is 33.4 Å². The molecule has 6 nitrogen and oxygen atoms in total. The van der Waals surface area contributed by atoms with E-state index >= 15 is 0 Å². The highest BCUT2D eigenvalue weighted by Crippen LogP contribution is 2.21. The van der Waals surface area contributed by atoms with E-state index in [-0.39, 0.29) is 17.4 Å². The van der Waals surface area contributed by atoms with E-state index in [4.69, 9.17) is 0 Å². The highest BCUT2D eigenvalue weighted by atomic mass is 16.2. The Hall–Kier alpha value is -1.85. The van der Waals surface area contributed by atoms with Crippen LogP contribution in [0, 0.1) is 0 Å². The lowest BCUT2D eigenvalue weighted by Crippen LogP contribution is -2.42. The molecule has 0 aromatic carbocycles. The van der Waals surface area contributed by atoms with Crippen LogP contribution in [0.25, 0.3) is 0 Å². The second-order valence-corrected chi connectivity index (χ2v) is 6.80. The minimum Gasteiger partial charge on any atom is -0.351 e. The highest BCUT2D eigenvalue weighted by molar-refractivity contribution is 5.97. The van der Waals surface area contributed by atoms with Crippen LogP contribution in [0.4, 0.5) is 0 Å². The van der Waals surface area contributed by atoms with Crippen LogP contribution in [0.15, 0.2) is 0 Å². The fraction of sp³-hybridized carbons (Fsp3) is 0.688. The van der Waals surface area contributed by atoms with Gasteiger partial charge in [-0.15, -0.1) is 0 Å². The van der Waals surface area contributed by atoms with Gasteiger partial charge in [0.2, 0.25) is 0 Å². The maximum Gasteiger partial charge on any atom is 0.287 e. The second kappa shape index (κ2) is 6.50. The van der Waals surface area contributed by atoms with Crippen molar-refractivity contribution in [2.45, 2.75) is 65.5 Å². The summed E-state index contributed by atoms with van der Waals surface area (Å²) >= 11 is 0. The monoisotopic (exact) mass is 306 g/mol. The van der Waals surface area contributed by atoms with Crippen LogP contribution in [0.5, 0.6) is 0 Å². The molecule has 0 saturated heterocycles. The molecule has 2 rings (SSSR count). The number of hydrogen-bond donors (Lipinski definition) is 2. The van der Waals surface area contributed by atoms with Crippen LogP contribution in [0.1, 0.15) is 73.8 Å². The van der Waals surface area contributed by atoms with Gasteiger partial charge in [-0.3, -0.25) is 9.59 Å². The summed E-state index contributed by atoms with van der Waals surface area (Å²) in [5, 5.41) is 5.78. The number of imidazole rings is 1. The maximum atomic E-state index is 12.5. The van der Waals surface area contributed by atoms with Gasteiger partial charge < -0.3 is 15.2 Å². The lowest BCUT2D eigenvalue weighted by molar-refractivity contribution is 0.0903. The van der Waals surface area contributed by atoms with Crippen molar-refractivity contribution in [1.29, 1.82) is 0 Å². The zero-order valence-electron chi connectivity index (χ0n) is 14.0. The molecule has 0 saturated carbocycles. The van der Waals surface area contributed by atoms with Crippen molar-refractivity contribution in [1.82, 2.24) is 20.2 Å². The number of amides is 2. The largest absolute Gasteiger partial charge is 0.351 e. The van der Waals surface area contributed by atoms with Gasteiger partial charge in [-0.05, 0) is 46.5 Å². The van der Waals surface area contributed by atoms with Crippen molar-refractivity contribution in [3.63, 3.8) is 0 Å². The summed E-state index contributed by atoms with van der Waals surface area (Å²) in [5.41, 5.74) is 0.967. The first-order valence-electron chi connectivity index (χ1n) is 8.03. The van der Waals surface area contributed by atoms with E-state index in [1.165, 1.54) is 0 Å². The normalized spacial score (nSPS) is 14.4. The summed E-state index contributed by atoms with van der Waals surface area (Å²) in [6, 6.07) is 0. The third-order valence-electron chi connectivity index (χ3n) is 3.56. The first-order chi connectivity index (χ1) is 10.3. The molecule has 6 heteroatoms. The fourth-order valence-corrected chi connectivity index (χ4v) is 2.62. The number of aromatic nitrogens is 2. The summed E-state index contributed by atoms with van der Waals surface area (Å²) < 4.78 is 1.91. The molecule has 2 heterocycles. The topological polar surface area (TPSA) is 76.0 Å². The molecule has 0 fully saturated rings. The molecule has 0 spiro atoms. The molecule has 0 radical (unpaired) electrons. The number of carbonyl (C=O) groups excluding carboxylic acids is 2. The summed E-state index contributed by atoms with van der Waals surface area (Å²) in [7, 11) is 0. The van der Waals surface area contributed by atoms with Crippen molar-refractivity contribution in [2.24, 2.45) is 0 Å². The number of nitrogens with one attached hydrogen (secondary N) is 2.